The average Bonchev–Trinajstić information content (AvgIpc) is 2.42. The molecule has 1 heterocycles. The van der Waals surface area contributed by atoms with E-state index in [0.29, 0.717) is 5.88 Å². The Morgan fingerprint density at radius 3 is 2.76 bits per heavy atom. The van der Waals surface area contributed by atoms with Crippen molar-refractivity contribution in [1.82, 2.24) is 10.3 Å². The van der Waals surface area contributed by atoms with E-state index in [1.54, 1.807) is 0 Å². The number of rotatable bonds is 6. The number of nitrogens with one attached hydrogen (secondary N) is 1. The van der Waals surface area contributed by atoms with Gasteiger partial charge in [-0.25, -0.2) is 4.98 Å². The van der Waals surface area contributed by atoms with Gasteiger partial charge in [0.05, 0.1) is 0 Å². The molecule has 1 N–H and O–H groups in total. The monoisotopic (exact) mass is 396 g/mol. The van der Waals surface area contributed by atoms with Crippen LogP contribution in [0.2, 0.25) is 0 Å². The van der Waals surface area contributed by atoms with Crippen LogP contribution in [0.4, 0.5) is 0 Å². The van der Waals surface area contributed by atoms with Gasteiger partial charge in [0.25, 0.3) is 0 Å². The molecule has 1 aromatic heterocycles. The molecule has 0 saturated heterocycles. The van der Waals surface area contributed by atoms with Crippen molar-refractivity contribution in [1.29, 1.82) is 0 Å². The fraction of sp³-hybridized carbons (Fsp3) is 0.353. The van der Waals surface area contributed by atoms with Crippen LogP contribution in [0.3, 0.4) is 0 Å². The lowest BCUT2D eigenvalue weighted by Crippen LogP contribution is -2.16. The van der Waals surface area contributed by atoms with E-state index in [9.17, 15) is 0 Å². The highest BCUT2D eigenvalue weighted by Crippen LogP contribution is 2.27. The summed E-state index contributed by atoms with van der Waals surface area (Å²) in [6.07, 6.45) is 1.12. The minimum atomic E-state index is 0.707. The van der Waals surface area contributed by atoms with Crippen molar-refractivity contribution >= 4 is 22.6 Å². The Hall–Kier alpha value is -1.14. The van der Waals surface area contributed by atoms with Gasteiger partial charge in [0, 0.05) is 21.4 Å². The van der Waals surface area contributed by atoms with E-state index in [4.69, 9.17) is 4.74 Å². The lowest BCUT2D eigenvalue weighted by molar-refractivity contribution is 0.450. The van der Waals surface area contributed by atoms with E-state index < -0.39 is 0 Å². The van der Waals surface area contributed by atoms with Crippen LogP contribution in [-0.2, 0) is 6.54 Å². The maximum absolute atomic E-state index is 6.03. The van der Waals surface area contributed by atoms with Gasteiger partial charge >= 0.3 is 0 Å². The van der Waals surface area contributed by atoms with Crippen molar-refractivity contribution < 1.29 is 4.74 Å². The largest absolute Gasteiger partial charge is 0.439 e. The normalized spacial score (nSPS) is 10.7. The number of hydrogen-bond acceptors (Lipinski definition) is 3. The van der Waals surface area contributed by atoms with Crippen LogP contribution in [0.1, 0.15) is 30.2 Å². The molecule has 0 amide bonds. The summed E-state index contributed by atoms with van der Waals surface area (Å²) in [6, 6.07) is 10.1. The standard InChI is InChI=1S/C17H21IN2O/c1-4-8-19-11-16-12(2)9-13(3)20-17(16)21-15-7-5-6-14(18)10-15/h5-7,9-10,19H,4,8,11H2,1-3H3. The predicted octanol–water partition coefficient (Wildman–Crippen LogP) is 4.59. The molecule has 3 nitrogen and oxygen atoms in total. The van der Waals surface area contributed by atoms with E-state index in [0.717, 1.165) is 40.1 Å². The summed E-state index contributed by atoms with van der Waals surface area (Å²) in [5.74, 6) is 1.54. The number of halogens is 1. The lowest BCUT2D eigenvalue weighted by atomic mass is 10.1. The molecule has 0 aliphatic carbocycles. The minimum Gasteiger partial charge on any atom is -0.439 e. The topological polar surface area (TPSA) is 34.2 Å². The summed E-state index contributed by atoms with van der Waals surface area (Å²) in [6.45, 7) is 8.05. The maximum Gasteiger partial charge on any atom is 0.224 e. The Balaban J connectivity index is 2.27. The molecule has 0 radical (unpaired) electrons. The number of pyridine rings is 1. The zero-order valence-electron chi connectivity index (χ0n) is 12.7. The zero-order chi connectivity index (χ0) is 15.2. The quantitative estimate of drug-likeness (QED) is 0.573. The predicted molar refractivity (Wildman–Crippen MR) is 94.9 cm³/mol. The third-order valence-electron chi connectivity index (χ3n) is 3.18. The molecule has 0 atom stereocenters. The van der Waals surface area contributed by atoms with Crippen LogP contribution in [0.15, 0.2) is 30.3 Å². The van der Waals surface area contributed by atoms with E-state index in [1.807, 2.05) is 31.2 Å². The third-order valence-corrected chi connectivity index (χ3v) is 3.85. The van der Waals surface area contributed by atoms with Gasteiger partial charge in [-0.05, 0) is 79.2 Å². The fourth-order valence-electron chi connectivity index (χ4n) is 2.16. The molecule has 0 bridgehead atoms. The van der Waals surface area contributed by atoms with Crippen LogP contribution < -0.4 is 10.1 Å². The second-order valence-electron chi connectivity index (χ2n) is 5.10. The summed E-state index contributed by atoms with van der Waals surface area (Å²) in [5.41, 5.74) is 3.33. The van der Waals surface area contributed by atoms with Crippen molar-refractivity contribution in [2.45, 2.75) is 33.7 Å². The molecular weight excluding hydrogens is 375 g/mol. The van der Waals surface area contributed by atoms with Gasteiger partial charge in [-0.15, -0.1) is 0 Å². The summed E-state index contributed by atoms with van der Waals surface area (Å²) in [5, 5.41) is 3.43. The van der Waals surface area contributed by atoms with Gasteiger partial charge in [0.2, 0.25) is 5.88 Å². The minimum absolute atomic E-state index is 0.707. The van der Waals surface area contributed by atoms with Gasteiger partial charge < -0.3 is 10.1 Å². The van der Waals surface area contributed by atoms with Crippen molar-refractivity contribution in [3.63, 3.8) is 0 Å². The second kappa shape index (κ2) is 7.75. The van der Waals surface area contributed by atoms with E-state index in [1.165, 1.54) is 5.56 Å². The molecule has 2 rings (SSSR count). The number of ether oxygens (including phenoxy) is 1. The Morgan fingerprint density at radius 2 is 2.05 bits per heavy atom. The van der Waals surface area contributed by atoms with Crippen molar-refractivity contribution in [2.75, 3.05) is 6.54 Å². The number of hydrogen-bond donors (Lipinski definition) is 1. The summed E-state index contributed by atoms with van der Waals surface area (Å²) in [4.78, 5) is 4.57. The third kappa shape index (κ3) is 4.68. The first-order valence-electron chi connectivity index (χ1n) is 7.21. The van der Waals surface area contributed by atoms with Gasteiger partial charge in [-0.1, -0.05) is 13.0 Å². The molecule has 0 spiro atoms. The average molecular weight is 396 g/mol. The smallest absolute Gasteiger partial charge is 0.224 e. The molecule has 0 unspecified atom stereocenters. The number of benzene rings is 1. The van der Waals surface area contributed by atoms with Crippen molar-refractivity contribution in [3.05, 3.63) is 50.7 Å². The van der Waals surface area contributed by atoms with Crippen molar-refractivity contribution in [3.8, 4) is 11.6 Å². The number of aryl methyl sites for hydroxylation is 2. The van der Waals surface area contributed by atoms with Gasteiger partial charge in [0.15, 0.2) is 0 Å². The highest BCUT2D eigenvalue weighted by Gasteiger charge is 2.11. The first-order valence-corrected chi connectivity index (χ1v) is 8.29. The summed E-state index contributed by atoms with van der Waals surface area (Å²) in [7, 11) is 0. The molecular formula is C17H21IN2O. The zero-order valence-corrected chi connectivity index (χ0v) is 14.9. The Kier molecular flexibility index (Phi) is 5.99. The van der Waals surface area contributed by atoms with Crippen LogP contribution in [0.25, 0.3) is 0 Å². The molecule has 0 aliphatic rings. The van der Waals surface area contributed by atoms with E-state index in [-0.39, 0.29) is 0 Å². The highest BCUT2D eigenvalue weighted by atomic mass is 127. The molecule has 112 valence electrons. The van der Waals surface area contributed by atoms with E-state index >= 15 is 0 Å². The van der Waals surface area contributed by atoms with Gasteiger partial charge in [0.1, 0.15) is 5.75 Å². The summed E-state index contributed by atoms with van der Waals surface area (Å²) >= 11 is 2.29. The second-order valence-corrected chi connectivity index (χ2v) is 6.35. The summed E-state index contributed by atoms with van der Waals surface area (Å²) < 4.78 is 7.18. The number of nitrogens with zero attached hydrogens (tertiary/aromatic N) is 1. The first kappa shape index (κ1) is 16.2. The van der Waals surface area contributed by atoms with Gasteiger partial charge in [-0.3, -0.25) is 0 Å². The van der Waals surface area contributed by atoms with Gasteiger partial charge in [-0.2, -0.15) is 0 Å². The Labute approximate surface area is 140 Å². The molecule has 0 aliphatic heterocycles. The van der Waals surface area contributed by atoms with Crippen LogP contribution >= 0.6 is 22.6 Å². The molecule has 1 aromatic carbocycles. The fourth-order valence-corrected chi connectivity index (χ4v) is 2.68. The van der Waals surface area contributed by atoms with Crippen LogP contribution in [0.5, 0.6) is 11.6 Å². The maximum atomic E-state index is 6.03. The van der Waals surface area contributed by atoms with Crippen LogP contribution in [0, 0.1) is 17.4 Å². The molecule has 2 aromatic rings. The SMILES string of the molecule is CCCNCc1c(C)cc(C)nc1Oc1cccc(I)c1. The Morgan fingerprint density at radius 1 is 1.24 bits per heavy atom. The van der Waals surface area contributed by atoms with Crippen LogP contribution in [-0.4, -0.2) is 11.5 Å². The molecule has 0 saturated carbocycles. The first-order chi connectivity index (χ1) is 10.1. The number of aromatic nitrogens is 1. The Bertz CT molecular complexity index is 614. The molecule has 0 fully saturated rings. The van der Waals surface area contributed by atoms with E-state index in [2.05, 4.69) is 52.8 Å². The lowest BCUT2D eigenvalue weighted by Gasteiger charge is -2.14. The van der Waals surface area contributed by atoms with Crippen molar-refractivity contribution in [2.24, 2.45) is 0 Å². The highest BCUT2D eigenvalue weighted by molar-refractivity contribution is 14.1. The molecule has 4 heteroatoms. The molecule has 21 heavy (non-hydrogen) atoms.